The third-order valence-electron chi connectivity index (χ3n) is 5.50. The minimum Gasteiger partial charge on any atom is -0.387 e. The summed E-state index contributed by atoms with van der Waals surface area (Å²) < 4.78 is 0. The molecule has 3 heterocycles. The first-order valence-electron chi connectivity index (χ1n) is 9.38. The molecule has 0 unspecified atom stereocenters. The SMILES string of the molecule is O=C(c1ccccn1)N1CCC(C(=O)N2Cc3ccccc3[C@H](O)C2)CC1. The maximum Gasteiger partial charge on any atom is 0.272 e. The number of fused-ring (bicyclic) bond motifs is 1. The number of pyridine rings is 1. The van der Waals surface area contributed by atoms with E-state index in [1.54, 1.807) is 34.2 Å². The lowest BCUT2D eigenvalue weighted by Gasteiger charge is -2.37. The normalized spacial score (nSPS) is 20.3. The Morgan fingerprint density at radius 1 is 1.00 bits per heavy atom. The number of aliphatic hydroxyl groups excluding tert-OH is 1. The van der Waals surface area contributed by atoms with Crippen LogP contribution in [0.25, 0.3) is 0 Å². The van der Waals surface area contributed by atoms with E-state index < -0.39 is 6.10 Å². The highest BCUT2D eigenvalue weighted by molar-refractivity contribution is 5.92. The molecule has 2 aliphatic heterocycles. The van der Waals surface area contributed by atoms with E-state index in [2.05, 4.69) is 4.98 Å². The highest BCUT2D eigenvalue weighted by Gasteiger charge is 2.33. The number of carbonyl (C=O) groups is 2. The van der Waals surface area contributed by atoms with Gasteiger partial charge >= 0.3 is 0 Å². The van der Waals surface area contributed by atoms with Crippen molar-refractivity contribution in [3.05, 3.63) is 65.5 Å². The molecule has 0 bridgehead atoms. The average Bonchev–Trinajstić information content (AvgIpc) is 2.73. The van der Waals surface area contributed by atoms with Crippen molar-refractivity contribution < 1.29 is 14.7 Å². The summed E-state index contributed by atoms with van der Waals surface area (Å²) in [5, 5.41) is 10.4. The quantitative estimate of drug-likeness (QED) is 0.884. The molecular formula is C21H23N3O3. The lowest BCUT2D eigenvalue weighted by atomic mass is 9.92. The molecule has 1 fully saturated rings. The number of rotatable bonds is 2. The average molecular weight is 365 g/mol. The monoisotopic (exact) mass is 365 g/mol. The first-order valence-corrected chi connectivity index (χ1v) is 9.38. The molecule has 1 aromatic heterocycles. The Morgan fingerprint density at radius 2 is 1.74 bits per heavy atom. The van der Waals surface area contributed by atoms with Crippen LogP contribution in [0.2, 0.25) is 0 Å². The van der Waals surface area contributed by atoms with Crippen LogP contribution in [0, 0.1) is 5.92 Å². The molecule has 4 rings (SSSR count). The minimum atomic E-state index is -0.635. The third kappa shape index (κ3) is 3.57. The number of β-amino-alcohol motifs (C(OH)–C–C–N with tert-alkyl or cyclic N) is 1. The van der Waals surface area contributed by atoms with E-state index in [1.807, 2.05) is 24.3 Å². The largest absolute Gasteiger partial charge is 0.387 e. The topological polar surface area (TPSA) is 73.7 Å². The van der Waals surface area contributed by atoms with Crippen molar-refractivity contribution in [3.8, 4) is 0 Å². The lowest BCUT2D eigenvalue weighted by Crippen LogP contribution is -2.46. The first kappa shape index (κ1) is 17.7. The van der Waals surface area contributed by atoms with Crippen LogP contribution in [0.5, 0.6) is 0 Å². The van der Waals surface area contributed by atoms with Crippen LogP contribution < -0.4 is 0 Å². The number of nitrogens with zero attached hydrogens (tertiary/aromatic N) is 3. The molecule has 6 nitrogen and oxygen atoms in total. The van der Waals surface area contributed by atoms with Gasteiger partial charge in [-0.1, -0.05) is 30.3 Å². The summed E-state index contributed by atoms with van der Waals surface area (Å²) in [6.45, 7) is 1.99. The number of hydrogen-bond donors (Lipinski definition) is 1. The van der Waals surface area contributed by atoms with E-state index in [-0.39, 0.29) is 17.7 Å². The molecule has 2 aliphatic rings. The molecule has 2 aromatic rings. The number of amides is 2. The van der Waals surface area contributed by atoms with Crippen molar-refractivity contribution in [3.63, 3.8) is 0 Å². The molecule has 0 aliphatic carbocycles. The fourth-order valence-corrected chi connectivity index (χ4v) is 3.99. The summed E-state index contributed by atoms with van der Waals surface area (Å²) in [5.41, 5.74) is 2.36. The highest BCUT2D eigenvalue weighted by atomic mass is 16.3. The van der Waals surface area contributed by atoms with Gasteiger partial charge in [0.15, 0.2) is 0 Å². The fourth-order valence-electron chi connectivity index (χ4n) is 3.99. The van der Waals surface area contributed by atoms with Gasteiger partial charge in [0.2, 0.25) is 5.91 Å². The summed E-state index contributed by atoms with van der Waals surface area (Å²) in [5.74, 6) is -0.104. The van der Waals surface area contributed by atoms with Crippen molar-refractivity contribution in [2.45, 2.75) is 25.5 Å². The number of benzene rings is 1. The van der Waals surface area contributed by atoms with Gasteiger partial charge in [0, 0.05) is 31.7 Å². The second-order valence-electron chi connectivity index (χ2n) is 7.21. The smallest absolute Gasteiger partial charge is 0.272 e. The Bertz CT molecular complexity index is 832. The Hall–Kier alpha value is -2.73. The van der Waals surface area contributed by atoms with E-state index in [0.29, 0.717) is 44.7 Å². The molecule has 0 radical (unpaired) electrons. The Kier molecular flexibility index (Phi) is 4.90. The van der Waals surface area contributed by atoms with Gasteiger partial charge in [-0.05, 0) is 36.1 Å². The van der Waals surface area contributed by atoms with E-state index >= 15 is 0 Å². The van der Waals surface area contributed by atoms with Crippen LogP contribution in [0.15, 0.2) is 48.7 Å². The third-order valence-corrected chi connectivity index (χ3v) is 5.50. The molecule has 1 N–H and O–H groups in total. The lowest BCUT2D eigenvalue weighted by molar-refractivity contribution is -0.139. The van der Waals surface area contributed by atoms with Gasteiger partial charge < -0.3 is 14.9 Å². The fraction of sp³-hybridized carbons (Fsp3) is 0.381. The zero-order valence-corrected chi connectivity index (χ0v) is 15.1. The summed E-state index contributed by atoms with van der Waals surface area (Å²) in [7, 11) is 0. The van der Waals surface area contributed by atoms with Crippen molar-refractivity contribution in [2.75, 3.05) is 19.6 Å². The van der Waals surface area contributed by atoms with E-state index in [9.17, 15) is 14.7 Å². The standard InChI is InChI=1S/C21H23N3O3/c25-19-14-24(13-16-5-1-2-6-17(16)19)20(26)15-8-11-23(12-9-15)21(27)18-7-3-4-10-22-18/h1-7,10,15,19,25H,8-9,11-14H2/t19-/m1/s1. The van der Waals surface area contributed by atoms with Gasteiger partial charge in [-0.15, -0.1) is 0 Å². The van der Waals surface area contributed by atoms with Crippen molar-refractivity contribution in [2.24, 2.45) is 5.92 Å². The zero-order chi connectivity index (χ0) is 18.8. The molecule has 27 heavy (non-hydrogen) atoms. The van der Waals surface area contributed by atoms with Crippen LogP contribution in [0.3, 0.4) is 0 Å². The molecule has 0 spiro atoms. The van der Waals surface area contributed by atoms with Gasteiger partial charge in [0.05, 0.1) is 12.6 Å². The van der Waals surface area contributed by atoms with E-state index in [0.717, 1.165) is 11.1 Å². The minimum absolute atomic E-state index is 0.0773. The molecule has 140 valence electrons. The summed E-state index contributed by atoms with van der Waals surface area (Å²) in [6.07, 6.45) is 2.27. The van der Waals surface area contributed by atoms with Crippen LogP contribution in [0.4, 0.5) is 0 Å². The van der Waals surface area contributed by atoms with Crippen LogP contribution in [0.1, 0.15) is 40.6 Å². The zero-order valence-electron chi connectivity index (χ0n) is 15.1. The highest BCUT2D eigenvalue weighted by Crippen LogP contribution is 2.29. The molecule has 1 saturated heterocycles. The second-order valence-corrected chi connectivity index (χ2v) is 7.21. The molecule has 2 amide bonds. The van der Waals surface area contributed by atoms with Crippen LogP contribution >= 0.6 is 0 Å². The molecule has 0 saturated carbocycles. The molecular weight excluding hydrogens is 342 g/mol. The second kappa shape index (κ2) is 7.48. The predicted molar refractivity (Wildman–Crippen MR) is 99.7 cm³/mol. The Morgan fingerprint density at radius 3 is 2.48 bits per heavy atom. The number of hydrogen-bond acceptors (Lipinski definition) is 4. The molecule has 1 aromatic carbocycles. The number of likely N-dealkylation sites (tertiary alicyclic amines) is 1. The summed E-state index contributed by atoms with van der Waals surface area (Å²) >= 11 is 0. The molecule has 6 heteroatoms. The number of aliphatic hydroxyl groups is 1. The number of carbonyl (C=O) groups excluding carboxylic acids is 2. The Labute approximate surface area is 158 Å². The predicted octanol–water partition coefficient (Wildman–Crippen LogP) is 2.01. The van der Waals surface area contributed by atoms with E-state index in [1.165, 1.54) is 0 Å². The van der Waals surface area contributed by atoms with Crippen molar-refractivity contribution >= 4 is 11.8 Å². The van der Waals surface area contributed by atoms with E-state index in [4.69, 9.17) is 0 Å². The van der Waals surface area contributed by atoms with Crippen molar-refractivity contribution in [1.82, 2.24) is 14.8 Å². The van der Waals surface area contributed by atoms with Gasteiger partial charge in [-0.3, -0.25) is 14.6 Å². The van der Waals surface area contributed by atoms with Gasteiger partial charge in [0.25, 0.3) is 5.91 Å². The van der Waals surface area contributed by atoms with Gasteiger partial charge in [0.1, 0.15) is 5.69 Å². The Balaban J connectivity index is 1.37. The van der Waals surface area contributed by atoms with Crippen molar-refractivity contribution in [1.29, 1.82) is 0 Å². The number of piperidine rings is 1. The van der Waals surface area contributed by atoms with Gasteiger partial charge in [-0.25, -0.2) is 0 Å². The maximum absolute atomic E-state index is 13.0. The van der Waals surface area contributed by atoms with Crippen LogP contribution in [-0.2, 0) is 11.3 Å². The first-order chi connectivity index (χ1) is 13.1. The molecule has 1 atom stereocenters. The summed E-state index contributed by atoms with van der Waals surface area (Å²) in [4.78, 5) is 33.1. The number of aromatic nitrogens is 1. The van der Waals surface area contributed by atoms with Crippen LogP contribution in [-0.4, -0.2) is 51.3 Å². The maximum atomic E-state index is 13.0. The van der Waals surface area contributed by atoms with Gasteiger partial charge in [-0.2, -0.15) is 0 Å². The summed E-state index contributed by atoms with van der Waals surface area (Å²) in [6, 6.07) is 13.0.